The van der Waals surface area contributed by atoms with Crippen molar-refractivity contribution in [3.05, 3.63) is 63.1 Å². The van der Waals surface area contributed by atoms with Crippen LogP contribution in [-0.4, -0.2) is 35.9 Å². The van der Waals surface area contributed by atoms with Gasteiger partial charge in [-0.3, -0.25) is 9.59 Å². The normalized spacial score (nSPS) is 11.9. The number of ether oxygens (including phenoxy) is 1. The third-order valence-corrected chi connectivity index (χ3v) is 6.53. The number of nitrogens with one attached hydrogen (secondary N) is 1. The first-order valence-electron chi connectivity index (χ1n) is 11.1. The number of carbonyl (C=O) groups excluding carboxylic acids is 2. The van der Waals surface area contributed by atoms with Gasteiger partial charge in [0.15, 0.2) is 6.61 Å². The van der Waals surface area contributed by atoms with Gasteiger partial charge in [0.2, 0.25) is 5.91 Å². The standard InChI is InChI=1S/C26H35BrN2O3/c1-7-23(26(31)28-14-17(2)3)29(15-21-10-8-9-18(4)11-21)24(30)16-32-22-12-19(5)25(27)20(6)13-22/h8-13,17,23H,7,14-16H2,1-6H3,(H,28,31)/t23-/m1/s1. The van der Waals surface area contributed by atoms with E-state index < -0.39 is 6.04 Å². The highest BCUT2D eigenvalue weighted by Crippen LogP contribution is 2.26. The predicted molar refractivity (Wildman–Crippen MR) is 133 cm³/mol. The van der Waals surface area contributed by atoms with E-state index in [9.17, 15) is 9.59 Å². The highest BCUT2D eigenvalue weighted by Gasteiger charge is 2.29. The molecule has 32 heavy (non-hydrogen) atoms. The molecule has 174 valence electrons. The molecule has 0 aliphatic carbocycles. The number of hydrogen-bond donors (Lipinski definition) is 1. The Hall–Kier alpha value is -2.34. The molecule has 0 aliphatic rings. The molecule has 0 fully saturated rings. The minimum atomic E-state index is -0.557. The molecule has 1 N–H and O–H groups in total. The smallest absolute Gasteiger partial charge is 0.261 e. The summed E-state index contributed by atoms with van der Waals surface area (Å²) < 4.78 is 6.89. The average Bonchev–Trinajstić information content (AvgIpc) is 2.74. The van der Waals surface area contributed by atoms with Gasteiger partial charge in [-0.05, 0) is 61.9 Å². The van der Waals surface area contributed by atoms with Crippen molar-refractivity contribution in [1.29, 1.82) is 0 Å². The molecule has 2 rings (SSSR count). The lowest BCUT2D eigenvalue weighted by molar-refractivity contribution is -0.143. The van der Waals surface area contributed by atoms with Gasteiger partial charge in [-0.25, -0.2) is 0 Å². The molecule has 0 saturated heterocycles. The van der Waals surface area contributed by atoms with Crippen molar-refractivity contribution in [1.82, 2.24) is 10.2 Å². The van der Waals surface area contributed by atoms with Crippen LogP contribution in [0, 0.1) is 26.7 Å². The van der Waals surface area contributed by atoms with Crippen molar-refractivity contribution < 1.29 is 14.3 Å². The van der Waals surface area contributed by atoms with Gasteiger partial charge in [-0.2, -0.15) is 0 Å². The van der Waals surface area contributed by atoms with E-state index in [-0.39, 0.29) is 18.4 Å². The van der Waals surface area contributed by atoms with Crippen LogP contribution in [0.1, 0.15) is 49.4 Å². The number of benzene rings is 2. The molecule has 5 nitrogen and oxygen atoms in total. The van der Waals surface area contributed by atoms with Crippen molar-refractivity contribution in [3.8, 4) is 5.75 Å². The summed E-state index contributed by atoms with van der Waals surface area (Å²) >= 11 is 3.55. The summed E-state index contributed by atoms with van der Waals surface area (Å²) in [7, 11) is 0. The van der Waals surface area contributed by atoms with Gasteiger partial charge < -0.3 is 15.0 Å². The number of amides is 2. The zero-order valence-electron chi connectivity index (χ0n) is 20.0. The second-order valence-corrected chi connectivity index (χ2v) is 9.53. The van der Waals surface area contributed by atoms with Crippen LogP contribution in [0.3, 0.4) is 0 Å². The van der Waals surface area contributed by atoms with Crippen molar-refractivity contribution in [3.63, 3.8) is 0 Å². The third-order valence-electron chi connectivity index (χ3n) is 5.28. The fourth-order valence-corrected chi connectivity index (χ4v) is 3.80. The zero-order valence-corrected chi connectivity index (χ0v) is 21.6. The van der Waals surface area contributed by atoms with E-state index in [4.69, 9.17) is 4.74 Å². The maximum Gasteiger partial charge on any atom is 0.261 e. The summed E-state index contributed by atoms with van der Waals surface area (Å²) in [4.78, 5) is 27.9. The van der Waals surface area contributed by atoms with E-state index in [0.29, 0.717) is 31.2 Å². The first-order chi connectivity index (χ1) is 15.1. The number of nitrogens with zero attached hydrogens (tertiary/aromatic N) is 1. The van der Waals surface area contributed by atoms with Crippen LogP contribution in [0.15, 0.2) is 40.9 Å². The number of hydrogen-bond acceptors (Lipinski definition) is 3. The lowest BCUT2D eigenvalue weighted by Gasteiger charge is -2.31. The van der Waals surface area contributed by atoms with Gasteiger partial charge >= 0.3 is 0 Å². The van der Waals surface area contributed by atoms with Gasteiger partial charge in [0.25, 0.3) is 5.91 Å². The van der Waals surface area contributed by atoms with E-state index in [1.807, 2.05) is 77.9 Å². The molecule has 0 radical (unpaired) electrons. The molecule has 0 spiro atoms. The van der Waals surface area contributed by atoms with Crippen LogP contribution in [-0.2, 0) is 16.1 Å². The Labute approximate surface area is 200 Å². The number of halogens is 1. The number of aryl methyl sites for hydroxylation is 3. The SMILES string of the molecule is CC[C@H](C(=O)NCC(C)C)N(Cc1cccc(C)c1)C(=O)COc1cc(C)c(Br)c(C)c1. The first-order valence-corrected chi connectivity index (χ1v) is 11.9. The third kappa shape index (κ3) is 7.37. The number of carbonyl (C=O) groups is 2. The largest absolute Gasteiger partial charge is 0.484 e. The van der Waals surface area contributed by atoms with E-state index in [0.717, 1.165) is 26.7 Å². The zero-order chi connectivity index (χ0) is 23.8. The molecule has 0 unspecified atom stereocenters. The quantitative estimate of drug-likeness (QED) is 0.477. The predicted octanol–water partition coefficient (Wildman–Crippen LogP) is 5.33. The topological polar surface area (TPSA) is 58.6 Å². The maximum absolute atomic E-state index is 13.3. The Morgan fingerprint density at radius 2 is 1.75 bits per heavy atom. The summed E-state index contributed by atoms with van der Waals surface area (Å²) in [5.41, 5.74) is 4.19. The Kier molecular flexibility index (Phi) is 9.76. The van der Waals surface area contributed by atoms with Gasteiger partial charge in [-0.1, -0.05) is 66.5 Å². The Morgan fingerprint density at radius 1 is 1.09 bits per heavy atom. The van der Waals surface area contributed by atoms with E-state index in [1.165, 1.54) is 0 Å². The molecule has 2 aromatic rings. The van der Waals surface area contributed by atoms with E-state index in [2.05, 4.69) is 21.2 Å². The lowest BCUT2D eigenvalue weighted by atomic mass is 10.1. The van der Waals surface area contributed by atoms with Gasteiger partial charge in [-0.15, -0.1) is 0 Å². The molecule has 0 bridgehead atoms. The highest BCUT2D eigenvalue weighted by molar-refractivity contribution is 9.10. The number of rotatable bonds is 10. The molecule has 0 saturated carbocycles. The Morgan fingerprint density at radius 3 is 2.31 bits per heavy atom. The summed E-state index contributed by atoms with van der Waals surface area (Å²) in [6, 6.07) is 11.3. The van der Waals surface area contributed by atoms with Crippen LogP contribution in [0.4, 0.5) is 0 Å². The summed E-state index contributed by atoms with van der Waals surface area (Å²) in [6.45, 7) is 12.8. The van der Waals surface area contributed by atoms with Crippen molar-refractivity contribution in [2.24, 2.45) is 5.92 Å². The van der Waals surface area contributed by atoms with Gasteiger partial charge in [0.05, 0.1) is 0 Å². The fraction of sp³-hybridized carbons (Fsp3) is 0.462. The fourth-order valence-electron chi connectivity index (χ4n) is 3.57. The van der Waals surface area contributed by atoms with E-state index in [1.54, 1.807) is 4.90 Å². The molecule has 6 heteroatoms. The second-order valence-electron chi connectivity index (χ2n) is 8.73. The van der Waals surface area contributed by atoms with Crippen LogP contribution in [0.5, 0.6) is 5.75 Å². The summed E-state index contributed by atoms with van der Waals surface area (Å²) in [5.74, 6) is 0.641. The Bertz CT molecular complexity index is 919. The van der Waals surface area contributed by atoms with Gasteiger partial charge in [0.1, 0.15) is 11.8 Å². The lowest BCUT2D eigenvalue weighted by Crippen LogP contribution is -2.50. The molecule has 0 aliphatic heterocycles. The minimum absolute atomic E-state index is 0.125. The maximum atomic E-state index is 13.3. The molecular formula is C26H35BrN2O3. The molecule has 2 amide bonds. The monoisotopic (exact) mass is 502 g/mol. The molecule has 0 aromatic heterocycles. The summed E-state index contributed by atoms with van der Waals surface area (Å²) in [6.07, 6.45) is 0.526. The van der Waals surface area contributed by atoms with Crippen molar-refractivity contribution in [2.75, 3.05) is 13.2 Å². The van der Waals surface area contributed by atoms with Crippen LogP contribution in [0.2, 0.25) is 0 Å². The molecule has 2 aromatic carbocycles. The van der Waals surface area contributed by atoms with Gasteiger partial charge in [0, 0.05) is 17.6 Å². The summed E-state index contributed by atoms with van der Waals surface area (Å²) in [5, 5.41) is 2.98. The van der Waals surface area contributed by atoms with Crippen LogP contribution < -0.4 is 10.1 Å². The molecular weight excluding hydrogens is 468 g/mol. The first kappa shape index (κ1) is 25.9. The van der Waals surface area contributed by atoms with Crippen LogP contribution in [0.25, 0.3) is 0 Å². The molecule has 0 heterocycles. The van der Waals surface area contributed by atoms with Crippen molar-refractivity contribution in [2.45, 2.75) is 60.5 Å². The van der Waals surface area contributed by atoms with Crippen molar-refractivity contribution >= 4 is 27.7 Å². The van der Waals surface area contributed by atoms with Crippen LogP contribution >= 0.6 is 15.9 Å². The highest BCUT2D eigenvalue weighted by atomic mass is 79.9. The molecule has 1 atom stereocenters. The average molecular weight is 503 g/mol. The minimum Gasteiger partial charge on any atom is -0.484 e. The van der Waals surface area contributed by atoms with E-state index >= 15 is 0 Å². The Balaban J connectivity index is 2.23. The second kappa shape index (κ2) is 12.0.